The average Bonchev–Trinajstić information content (AvgIpc) is 2.76. The zero-order valence-electron chi connectivity index (χ0n) is 17.8. The molecule has 0 spiro atoms. The van der Waals surface area contributed by atoms with Crippen molar-refractivity contribution in [3.63, 3.8) is 0 Å². The van der Waals surface area contributed by atoms with Gasteiger partial charge >= 0.3 is 0 Å². The molecule has 0 radical (unpaired) electrons. The van der Waals surface area contributed by atoms with Crippen LogP contribution in [0.15, 0.2) is 59.5 Å². The first kappa shape index (κ1) is 21.6. The van der Waals surface area contributed by atoms with Crippen molar-refractivity contribution in [2.45, 2.75) is 19.5 Å². The Balaban J connectivity index is 1.84. The molecule has 6 nitrogen and oxygen atoms in total. The molecule has 4 rings (SSSR count). The Kier molecular flexibility index (Phi) is 6.41. The van der Waals surface area contributed by atoms with Crippen LogP contribution in [0.5, 0.6) is 5.75 Å². The topological polar surface area (TPSA) is 61.6 Å². The third-order valence-electron chi connectivity index (χ3n) is 5.91. The van der Waals surface area contributed by atoms with Gasteiger partial charge < -0.3 is 14.6 Å². The van der Waals surface area contributed by atoms with Crippen LogP contribution in [-0.4, -0.2) is 57.7 Å². The molecule has 1 aliphatic heterocycles. The van der Waals surface area contributed by atoms with Crippen molar-refractivity contribution in [3.8, 4) is 5.75 Å². The first-order valence-corrected chi connectivity index (χ1v) is 10.8. The van der Waals surface area contributed by atoms with Crippen molar-refractivity contribution in [1.29, 1.82) is 0 Å². The van der Waals surface area contributed by atoms with E-state index in [2.05, 4.69) is 21.8 Å². The number of hydrogen-bond donors (Lipinski definition) is 1. The van der Waals surface area contributed by atoms with Crippen LogP contribution < -0.4 is 5.56 Å². The van der Waals surface area contributed by atoms with Gasteiger partial charge in [0, 0.05) is 43.1 Å². The van der Waals surface area contributed by atoms with Crippen molar-refractivity contribution in [3.05, 3.63) is 92.6 Å². The molecule has 1 saturated heterocycles. The average molecular weight is 439 g/mol. The first-order valence-electron chi connectivity index (χ1n) is 10.5. The Morgan fingerprint density at radius 3 is 2.55 bits per heavy atom. The summed E-state index contributed by atoms with van der Waals surface area (Å²) < 4.78 is 1.69. The van der Waals surface area contributed by atoms with Crippen LogP contribution in [0.4, 0.5) is 0 Å². The summed E-state index contributed by atoms with van der Waals surface area (Å²) in [4.78, 5) is 22.6. The molecule has 1 aromatic carbocycles. The van der Waals surface area contributed by atoms with E-state index in [1.165, 1.54) is 0 Å². The lowest BCUT2D eigenvalue weighted by atomic mass is 9.96. The number of nitrogens with zero attached hydrogens (tertiary/aromatic N) is 4. The van der Waals surface area contributed by atoms with Gasteiger partial charge in [0.2, 0.25) is 0 Å². The fourth-order valence-corrected chi connectivity index (χ4v) is 4.39. The maximum Gasteiger partial charge on any atom is 0.260 e. The van der Waals surface area contributed by atoms with Gasteiger partial charge in [-0.2, -0.15) is 0 Å². The number of hydrogen-bond acceptors (Lipinski definition) is 5. The Labute approximate surface area is 187 Å². The Morgan fingerprint density at radius 1 is 1.10 bits per heavy atom. The monoisotopic (exact) mass is 438 g/mol. The third-order valence-corrected chi connectivity index (χ3v) is 6.15. The highest BCUT2D eigenvalue weighted by Gasteiger charge is 2.31. The van der Waals surface area contributed by atoms with Crippen molar-refractivity contribution >= 4 is 11.6 Å². The predicted octanol–water partition coefficient (Wildman–Crippen LogP) is 3.30. The second-order valence-corrected chi connectivity index (χ2v) is 8.53. The van der Waals surface area contributed by atoms with E-state index in [1.54, 1.807) is 16.8 Å². The largest absolute Gasteiger partial charge is 0.507 e. The van der Waals surface area contributed by atoms with E-state index >= 15 is 0 Å². The van der Waals surface area contributed by atoms with Crippen molar-refractivity contribution in [2.75, 3.05) is 33.2 Å². The molecule has 1 fully saturated rings. The molecule has 1 atom stereocenters. The lowest BCUT2D eigenvalue weighted by molar-refractivity contribution is 0.125. The van der Waals surface area contributed by atoms with Crippen LogP contribution in [-0.2, 0) is 6.54 Å². The van der Waals surface area contributed by atoms with Crippen LogP contribution in [0, 0.1) is 6.92 Å². The van der Waals surface area contributed by atoms with Gasteiger partial charge in [-0.15, -0.1) is 0 Å². The summed E-state index contributed by atoms with van der Waals surface area (Å²) >= 11 is 6.30. The molecule has 7 heteroatoms. The molecule has 0 amide bonds. The molecular formula is C24H27ClN4O2. The number of piperazine rings is 1. The molecule has 31 heavy (non-hydrogen) atoms. The molecule has 162 valence electrons. The number of halogens is 1. The van der Waals surface area contributed by atoms with Gasteiger partial charge in [0.25, 0.3) is 5.56 Å². The highest BCUT2D eigenvalue weighted by molar-refractivity contribution is 6.30. The van der Waals surface area contributed by atoms with Crippen LogP contribution in [0.1, 0.15) is 28.6 Å². The number of aromatic nitrogens is 2. The predicted molar refractivity (Wildman–Crippen MR) is 123 cm³/mol. The summed E-state index contributed by atoms with van der Waals surface area (Å²) in [5, 5.41) is 11.6. The fourth-order valence-electron chi connectivity index (χ4n) is 4.19. The molecular weight excluding hydrogens is 412 g/mol. The van der Waals surface area contributed by atoms with Crippen LogP contribution in [0.3, 0.4) is 0 Å². The maximum absolute atomic E-state index is 13.7. The molecule has 0 saturated carbocycles. The molecule has 3 heterocycles. The van der Waals surface area contributed by atoms with E-state index in [4.69, 9.17) is 11.6 Å². The summed E-state index contributed by atoms with van der Waals surface area (Å²) in [6.45, 7) is 5.56. The van der Waals surface area contributed by atoms with Gasteiger partial charge in [0.1, 0.15) is 5.75 Å². The molecule has 2 aromatic heterocycles. The third kappa shape index (κ3) is 4.66. The van der Waals surface area contributed by atoms with Gasteiger partial charge in [0.15, 0.2) is 0 Å². The smallest absolute Gasteiger partial charge is 0.260 e. The second-order valence-electron chi connectivity index (χ2n) is 8.09. The van der Waals surface area contributed by atoms with Crippen molar-refractivity contribution in [1.82, 2.24) is 19.4 Å². The highest BCUT2D eigenvalue weighted by atomic mass is 35.5. The maximum atomic E-state index is 13.7. The summed E-state index contributed by atoms with van der Waals surface area (Å²) in [7, 11) is 2.09. The fraction of sp³-hybridized carbons (Fsp3) is 0.333. The minimum atomic E-state index is -0.379. The normalized spacial score (nSPS) is 16.4. The van der Waals surface area contributed by atoms with E-state index in [-0.39, 0.29) is 17.4 Å². The standard InChI is InChI=1S/C24H27ClN4O2/c1-17-14-21(30)22(24(31)29(17)16-20-8-3-4-9-26-20)23(18-6-5-7-19(25)15-18)28-12-10-27(2)11-13-28/h3-9,14-15,23,30H,10-13,16H2,1-2H3. The van der Waals surface area contributed by atoms with Gasteiger partial charge in [-0.1, -0.05) is 29.8 Å². The van der Waals surface area contributed by atoms with Gasteiger partial charge in [-0.05, 0) is 49.9 Å². The van der Waals surface area contributed by atoms with E-state index in [9.17, 15) is 9.90 Å². The lowest BCUT2D eigenvalue weighted by Gasteiger charge is -2.38. The number of benzene rings is 1. The summed E-state index contributed by atoms with van der Waals surface area (Å²) in [6, 6.07) is 14.5. The molecule has 3 aromatic rings. The Hall–Kier alpha value is -2.67. The van der Waals surface area contributed by atoms with Gasteiger partial charge in [-0.25, -0.2) is 0 Å². The van der Waals surface area contributed by atoms with E-state index in [0.717, 1.165) is 37.4 Å². The number of aryl methyl sites for hydroxylation is 1. The molecule has 0 bridgehead atoms. The van der Waals surface area contributed by atoms with Crippen molar-refractivity contribution in [2.24, 2.45) is 0 Å². The van der Waals surface area contributed by atoms with E-state index < -0.39 is 0 Å². The van der Waals surface area contributed by atoms with E-state index in [1.807, 2.05) is 49.4 Å². The number of rotatable bonds is 5. The second kappa shape index (κ2) is 9.22. The minimum absolute atomic E-state index is 0.0173. The highest BCUT2D eigenvalue weighted by Crippen LogP contribution is 2.34. The van der Waals surface area contributed by atoms with Crippen molar-refractivity contribution < 1.29 is 5.11 Å². The molecule has 1 N–H and O–H groups in total. The number of aromatic hydroxyl groups is 1. The Bertz CT molecular complexity index is 1110. The lowest BCUT2D eigenvalue weighted by Crippen LogP contribution is -2.47. The first-order chi connectivity index (χ1) is 14.9. The number of likely N-dealkylation sites (N-methyl/N-ethyl adjacent to an activating group) is 1. The Morgan fingerprint density at radius 2 is 1.87 bits per heavy atom. The van der Waals surface area contributed by atoms with E-state index in [0.29, 0.717) is 22.8 Å². The van der Waals surface area contributed by atoms with Crippen LogP contribution in [0.2, 0.25) is 5.02 Å². The summed E-state index contributed by atoms with van der Waals surface area (Å²) in [5.41, 5.74) is 2.57. The summed E-state index contributed by atoms with van der Waals surface area (Å²) in [6.07, 6.45) is 1.72. The minimum Gasteiger partial charge on any atom is -0.507 e. The molecule has 0 aliphatic carbocycles. The SMILES string of the molecule is Cc1cc(O)c(C(c2cccc(Cl)c2)N2CCN(C)CC2)c(=O)n1Cc1ccccn1. The van der Waals surface area contributed by atoms with Crippen LogP contribution >= 0.6 is 11.6 Å². The number of pyridine rings is 2. The zero-order valence-corrected chi connectivity index (χ0v) is 18.6. The van der Waals surface area contributed by atoms with Gasteiger partial charge in [-0.3, -0.25) is 14.7 Å². The summed E-state index contributed by atoms with van der Waals surface area (Å²) in [5.74, 6) is 0.0173. The molecule has 1 unspecified atom stereocenters. The van der Waals surface area contributed by atoms with Gasteiger partial charge in [0.05, 0.1) is 23.8 Å². The quantitative estimate of drug-likeness (QED) is 0.662. The zero-order chi connectivity index (χ0) is 22.0. The van der Waals surface area contributed by atoms with Crippen LogP contribution in [0.25, 0.3) is 0 Å². The molecule has 1 aliphatic rings.